The molecule has 1 aromatic heterocycles. The van der Waals surface area contributed by atoms with Crippen molar-refractivity contribution in [2.45, 2.75) is 32.6 Å². The second-order valence-corrected chi connectivity index (χ2v) is 3.92. The van der Waals surface area contributed by atoms with E-state index in [9.17, 15) is 8.78 Å². The average Bonchev–Trinajstić information content (AvgIpc) is 2.63. The van der Waals surface area contributed by atoms with E-state index in [1.807, 2.05) is 0 Å². The van der Waals surface area contributed by atoms with Gasteiger partial charge in [-0.15, -0.1) is 0 Å². The highest BCUT2D eigenvalue weighted by Gasteiger charge is 2.14. The van der Waals surface area contributed by atoms with Crippen molar-refractivity contribution >= 4 is 11.0 Å². The molecule has 0 fully saturated rings. The number of aromatic nitrogens is 2. The Morgan fingerprint density at radius 2 is 1.94 bits per heavy atom. The molecule has 1 N–H and O–H groups in total. The molecule has 86 valence electrons. The number of hydrogen-bond acceptors (Lipinski definition) is 1. The number of aromatic amines is 1. The van der Waals surface area contributed by atoms with E-state index in [1.54, 1.807) is 0 Å². The quantitative estimate of drug-likeness (QED) is 0.845. The van der Waals surface area contributed by atoms with Crippen LogP contribution in [0.1, 0.15) is 38.4 Å². The lowest BCUT2D eigenvalue weighted by Crippen LogP contribution is -1.97. The van der Waals surface area contributed by atoms with Gasteiger partial charge in [0.05, 0.1) is 5.52 Å². The first-order chi connectivity index (χ1) is 7.65. The lowest BCUT2D eigenvalue weighted by atomic mass is 10.0. The molecule has 0 radical (unpaired) electrons. The summed E-state index contributed by atoms with van der Waals surface area (Å²) in [5, 5.41) is 0. The average molecular weight is 224 g/mol. The van der Waals surface area contributed by atoms with Gasteiger partial charge >= 0.3 is 0 Å². The molecule has 0 aliphatic rings. The normalized spacial score (nSPS) is 11.6. The zero-order chi connectivity index (χ0) is 11.7. The first kappa shape index (κ1) is 11.0. The highest BCUT2D eigenvalue weighted by Crippen LogP contribution is 2.24. The third-order valence-electron chi connectivity index (χ3n) is 2.90. The molecule has 4 heteroatoms. The van der Waals surface area contributed by atoms with Crippen molar-refractivity contribution in [3.05, 3.63) is 29.6 Å². The Bertz CT molecular complexity index is 501. The van der Waals surface area contributed by atoms with Crippen molar-refractivity contribution in [2.24, 2.45) is 0 Å². The predicted molar refractivity (Wildman–Crippen MR) is 59.3 cm³/mol. The van der Waals surface area contributed by atoms with Gasteiger partial charge in [0, 0.05) is 12.0 Å². The third-order valence-corrected chi connectivity index (χ3v) is 2.90. The summed E-state index contributed by atoms with van der Waals surface area (Å²) >= 11 is 0. The summed E-state index contributed by atoms with van der Waals surface area (Å²) in [6.07, 6.45) is 1.86. The molecular weight excluding hydrogens is 210 g/mol. The number of benzene rings is 1. The van der Waals surface area contributed by atoms with Crippen LogP contribution in [0.15, 0.2) is 12.1 Å². The standard InChI is InChI=1S/C12H14F2N2/c1-3-7(4-2)12-15-10-6-8(13)5-9(14)11(10)16-12/h5-7H,3-4H2,1-2H3,(H,15,16). The van der Waals surface area contributed by atoms with Gasteiger partial charge in [-0.25, -0.2) is 13.8 Å². The van der Waals surface area contributed by atoms with E-state index >= 15 is 0 Å². The molecule has 0 unspecified atom stereocenters. The summed E-state index contributed by atoms with van der Waals surface area (Å²) in [6, 6.07) is 2.14. The number of halogens is 2. The van der Waals surface area contributed by atoms with E-state index in [0.29, 0.717) is 5.52 Å². The Morgan fingerprint density at radius 1 is 1.25 bits per heavy atom. The largest absolute Gasteiger partial charge is 0.342 e. The maximum atomic E-state index is 13.4. The van der Waals surface area contributed by atoms with Crippen LogP contribution < -0.4 is 0 Å². The molecule has 0 spiro atoms. The monoisotopic (exact) mass is 224 g/mol. The van der Waals surface area contributed by atoms with Gasteiger partial charge in [0.15, 0.2) is 5.82 Å². The number of nitrogens with one attached hydrogen (secondary N) is 1. The van der Waals surface area contributed by atoms with E-state index in [2.05, 4.69) is 23.8 Å². The maximum absolute atomic E-state index is 13.4. The number of H-pyrrole nitrogens is 1. The molecule has 0 aliphatic heterocycles. The SMILES string of the molecule is CCC(CC)c1nc2c(F)cc(F)cc2[nH]1. The molecule has 1 heterocycles. The first-order valence-corrected chi connectivity index (χ1v) is 5.50. The van der Waals surface area contributed by atoms with Crippen molar-refractivity contribution in [3.63, 3.8) is 0 Å². The number of fused-ring (bicyclic) bond motifs is 1. The van der Waals surface area contributed by atoms with Crippen molar-refractivity contribution < 1.29 is 8.78 Å². The van der Waals surface area contributed by atoms with Crippen molar-refractivity contribution in [2.75, 3.05) is 0 Å². The van der Waals surface area contributed by atoms with Gasteiger partial charge in [0.2, 0.25) is 0 Å². The van der Waals surface area contributed by atoms with Gasteiger partial charge in [0.25, 0.3) is 0 Å². The topological polar surface area (TPSA) is 28.7 Å². The van der Waals surface area contributed by atoms with E-state index in [1.165, 1.54) is 6.07 Å². The Labute approximate surface area is 92.7 Å². The third kappa shape index (κ3) is 1.79. The van der Waals surface area contributed by atoms with Gasteiger partial charge in [-0.3, -0.25) is 0 Å². The van der Waals surface area contributed by atoms with E-state index < -0.39 is 11.6 Å². The molecule has 0 atom stereocenters. The van der Waals surface area contributed by atoms with Gasteiger partial charge in [-0.1, -0.05) is 13.8 Å². The zero-order valence-corrected chi connectivity index (χ0v) is 9.35. The zero-order valence-electron chi connectivity index (χ0n) is 9.35. The summed E-state index contributed by atoms with van der Waals surface area (Å²) in [5.41, 5.74) is 0.655. The van der Waals surface area contributed by atoms with Gasteiger partial charge in [-0.05, 0) is 18.9 Å². The minimum atomic E-state index is -0.608. The lowest BCUT2D eigenvalue weighted by Gasteiger charge is -2.07. The minimum absolute atomic E-state index is 0.225. The second-order valence-electron chi connectivity index (χ2n) is 3.92. The van der Waals surface area contributed by atoms with Crippen LogP contribution in [-0.2, 0) is 0 Å². The molecule has 2 aromatic rings. The van der Waals surface area contributed by atoms with Crippen LogP contribution in [0, 0.1) is 11.6 Å². The summed E-state index contributed by atoms with van der Waals surface area (Å²) in [6.45, 7) is 4.11. The molecule has 0 saturated carbocycles. The number of nitrogens with zero attached hydrogens (tertiary/aromatic N) is 1. The molecule has 0 amide bonds. The molecule has 1 aromatic carbocycles. The fourth-order valence-corrected chi connectivity index (χ4v) is 1.93. The van der Waals surface area contributed by atoms with E-state index in [0.717, 1.165) is 24.7 Å². The maximum Gasteiger partial charge on any atom is 0.153 e. The van der Waals surface area contributed by atoms with Gasteiger partial charge in [-0.2, -0.15) is 0 Å². The molecule has 0 saturated heterocycles. The van der Waals surface area contributed by atoms with Crippen LogP contribution in [0.5, 0.6) is 0 Å². The van der Waals surface area contributed by atoms with E-state index in [-0.39, 0.29) is 11.4 Å². The molecule has 2 rings (SSSR count). The number of imidazole rings is 1. The van der Waals surface area contributed by atoms with Crippen LogP contribution in [0.4, 0.5) is 8.78 Å². The summed E-state index contributed by atoms with van der Waals surface area (Å²) in [5.74, 6) is -0.174. The van der Waals surface area contributed by atoms with Crippen LogP contribution in [0.2, 0.25) is 0 Å². The van der Waals surface area contributed by atoms with Crippen LogP contribution in [0.3, 0.4) is 0 Å². The minimum Gasteiger partial charge on any atom is -0.342 e. The lowest BCUT2D eigenvalue weighted by molar-refractivity contribution is 0.589. The Kier molecular flexibility index (Phi) is 2.90. The van der Waals surface area contributed by atoms with Crippen LogP contribution in [-0.4, -0.2) is 9.97 Å². The van der Waals surface area contributed by atoms with Crippen LogP contribution in [0.25, 0.3) is 11.0 Å². The Balaban J connectivity index is 2.55. The van der Waals surface area contributed by atoms with Crippen molar-refractivity contribution in [3.8, 4) is 0 Å². The number of hydrogen-bond donors (Lipinski definition) is 1. The second kappa shape index (κ2) is 4.20. The van der Waals surface area contributed by atoms with Crippen molar-refractivity contribution in [1.82, 2.24) is 9.97 Å². The summed E-state index contributed by atoms with van der Waals surface area (Å²) < 4.78 is 26.4. The smallest absolute Gasteiger partial charge is 0.153 e. The van der Waals surface area contributed by atoms with Gasteiger partial charge < -0.3 is 4.98 Å². The predicted octanol–water partition coefficient (Wildman–Crippen LogP) is 3.74. The molecule has 16 heavy (non-hydrogen) atoms. The number of rotatable bonds is 3. The molecular formula is C12H14F2N2. The Morgan fingerprint density at radius 3 is 2.56 bits per heavy atom. The molecule has 0 aliphatic carbocycles. The first-order valence-electron chi connectivity index (χ1n) is 5.50. The van der Waals surface area contributed by atoms with Crippen LogP contribution >= 0.6 is 0 Å². The van der Waals surface area contributed by atoms with Gasteiger partial charge in [0.1, 0.15) is 17.2 Å². The highest BCUT2D eigenvalue weighted by atomic mass is 19.1. The highest BCUT2D eigenvalue weighted by molar-refractivity contribution is 5.75. The molecule has 0 bridgehead atoms. The molecule has 2 nitrogen and oxygen atoms in total. The van der Waals surface area contributed by atoms with E-state index in [4.69, 9.17) is 0 Å². The van der Waals surface area contributed by atoms with Crippen molar-refractivity contribution in [1.29, 1.82) is 0 Å². The summed E-state index contributed by atoms with van der Waals surface area (Å²) in [7, 11) is 0. The fourth-order valence-electron chi connectivity index (χ4n) is 1.93. The fraction of sp³-hybridized carbons (Fsp3) is 0.417. The Hall–Kier alpha value is -1.45. The summed E-state index contributed by atoms with van der Waals surface area (Å²) in [4.78, 5) is 7.19.